The van der Waals surface area contributed by atoms with E-state index in [2.05, 4.69) is 29.3 Å². The summed E-state index contributed by atoms with van der Waals surface area (Å²) in [5.74, 6) is 0.196. The molecule has 0 bridgehead atoms. The van der Waals surface area contributed by atoms with E-state index < -0.39 is 0 Å². The van der Waals surface area contributed by atoms with Crippen molar-refractivity contribution in [3.63, 3.8) is 0 Å². The SMILES string of the molecule is CCCCCCCCCCCCc1ccc2nn(-c3cc(C)ccc3O)nc2c1. The van der Waals surface area contributed by atoms with Gasteiger partial charge < -0.3 is 5.11 Å². The van der Waals surface area contributed by atoms with Crippen LogP contribution in [0.15, 0.2) is 36.4 Å². The second-order valence-electron chi connectivity index (χ2n) is 8.24. The third kappa shape index (κ3) is 6.31. The summed E-state index contributed by atoms with van der Waals surface area (Å²) in [6.07, 6.45) is 14.7. The molecule has 0 radical (unpaired) electrons. The minimum absolute atomic E-state index is 0.196. The Labute approximate surface area is 175 Å². The van der Waals surface area contributed by atoms with Crippen molar-refractivity contribution >= 4 is 11.0 Å². The number of aromatic hydroxyl groups is 1. The summed E-state index contributed by atoms with van der Waals surface area (Å²) < 4.78 is 0. The van der Waals surface area contributed by atoms with Gasteiger partial charge in [0.15, 0.2) is 0 Å². The molecule has 0 saturated carbocycles. The lowest BCUT2D eigenvalue weighted by atomic mass is 10.0. The summed E-state index contributed by atoms with van der Waals surface area (Å²) in [5, 5.41) is 19.2. The van der Waals surface area contributed by atoms with Gasteiger partial charge in [0.1, 0.15) is 22.5 Å². The zero-order chi connectivity index (χ0) is 20.5. The number of benzene rings is 2. The zero-order valence-electron chi connectivity index (χ0n) is 18.0. The fourth-order valence-electron chi connectivity index (χ4n) is 3.83. The lowest BCUT2D eigenvalue weighted by Gasteiger charge is -2.03. The third-order valence-electron chi connectivity index (χ3n) is 5.61. The molecule has 0 saturated heterocycles. The number of hydrogen-bond acceptors (Lipinski definition) is 3. The van der Waals surface area contributed by atoms with Crippen molar-refractivity contribution in [2.75, 3.05) is 0 Å². The Morgan fingerprint density at radius 3 is 2.14 bits per heavy atom. The molecule has 3 rings (SSSR count). The first-order valence-corrected chi connectivity index (χ1v) is 11.3. The number of aryl methyl sites for hydroxylation is 2. The van der Waals surface area contributed by atoms with E-state index in [-0.39, 0.29) is 5.75 Å². The Kier molecular flexibility index (Phi) is 8.09. The number of hydrogen-bond donors (Lipinski definition) is 1. The molecule has 0 unspecified atom stereocenters. The van der Waals surface area contributed by atoms with Gasteiger partial charge >= 0.3 is 0 Å². The molecule has 3 aromatic rings. The highest BCUT2D eigenvalue weighted by Crippen LogP contribution is 2.23. The van der Waals surface area contributed by atoms with E-state index in [4.69, 9.17) is 0 Å². The molecule has 2 aromatic carbocycles. The Bertz CT molecular complexity index is 900. The number of rotatable bonds is 12. The molecule has 4 nitrogen and oxygen atoms in total. The molecule has 1 N–H and O–H groups in total. The van der Waals surface area contributed by atoms with Gasteiger partial charge in [0.25, 0.3) is 0 Å². The second-order valence-corrected chi connectivity index (χ2v) is 8.24. The largest absolute Gasteiger partial charge is 0.506 e. The fourth-order valence-corrected chi connectivity index (χ4v) is 3.83. The van der Waals surface area contributed by atoms with Gasteiger partial charge in [0.2, 0.25) is 0 Å². The van der Waals surface area contributed by atoms with Gasteiger partial charge in [-0.15, -0.1) is 15.0 Å². The van der Waals surface area contributed by atoms with E-state index in [1.807, 2.05) is 25.1 Å². The first-order chi connectivity index (χ1) is 14.2. The van der Waals surface area contributed by atoms with Crippen molar-refractivity contribution in [3.05, 3.63) is 47.5 Å². The highest BCUT2D eigenvalue weighted by Gasteiger charge is 2.09. The molecule has 4 heteroatoms. The van der Waals surface area contributed by atoms with E-state index in [9.17, 15) is 5.11 Å². The van der Waals surface area contributed by atoms with Crippen LogP contribution in [-0.2, 0) is 6.42 Å². The van der Waals surface area contributed by atoms with E-state index in [0.29, 0.717) is 5.69 Å². The standard InChI is InChI=1S/C25H35N3O/c1-3-4-5-6-7-8-9-10-11-12-13-21-15-16-22-23(19-21)27-28(26-22)24-18-20(2)14-17-25(24)29/h14-19,29H,3-13H2,1-2H3. The van der Waals surface area contributed by atoms with Crippen molar-refractivity contribution < 1.29 is 5.11 Å². The maximum atomic E-state index is 10.1. The van der Waals surface area contributed by atoms with Gasteiger partial charge in [-0.1, -0.05) is 76.8 Å². The molecule has 1 heterocycles. The monoisotopic (exact) mass is 393 g/mol. The van der Waals surface area contributed by atoms with Gasteiger partial charge in [-0.2, -0.15) is 0 Å². The van der Waals surface area contributed by atoms with E-state index in [1.54, 1.807) is 6.07 Å². The van der Waals surface area contributed by atoms with Gasteiger partial charge in [-0.05, 0) is 55.2 Å². The second kappa shape index (κ2) is 11.0. The molecule has 0 aliphatic carbocycles. The Hall–Kier alpha value is -2.36. The molecule has 0 spiro atoms. The molecular formula is C25H35N3O. The smallest absolute Gasteiger partial charge is 0.143 e. The van der Waals surface area contributed by atoms with Crippen molar-refractivity contribution in [1.29, 1.82) is 0 Å². The molecular weight excluding hydrogens is 358 g/mol. The van der Waals surface area contributed by atoms with Crippen molar-refractivity contribution in [1.82, 2.24) is 15.0 Å². The average Bonchev–Trinajstić information content (AvgIpc) is 3.14. The average molecular weight is 394 g/mol. The van der Waals surface area contributed by atoms with E-state index >= 15 is 0 Å². The lowest BCUT2D eigenvalue weighted by molar-refractivity contribution is 0.467. The number of phenols is 1. The van der Waals surface area contributed by atoms with E-state index in [1.165, 1.54) is 74.6 Å². The minimum Gasteiger partial charge on any atom is -0.506 e. The normalized spacial score (nSPS) is 11.4. The molecule has 0 amide bonds. The Morgan fingerprint density at radius 2 is 1.41 bits per heavy atom. The maximum Gasteiger partial charge on any atom is 0.143 e. The third-order valence-corrected chi connectivity index (χ3v) is 5.61. The summed E-state index contributed by atoms with van der Waals surface area (Å²) in [6, 6.07) is 11.8. The molecule has 0 atom stereocenters. The van der Waals surface area contributed by atoms with Crippen LogP contribution in [0.2, 0.25) is 0 Å². The number of fused-ring (bicyclic) bond motifs is 1. The highest BCUT2D eigenvalue weighted by molar-refractivity contribution is 5.75. The molecule has 0 fully saturated rings. The minimum atomic E-state index is 0.196. The zero-order valence-corrected chi connectivity index (χ0v) is 18.0. The first kappa shape index (κ1) is 21.4. The van der Waals surface area contributed by atoms with Gasteiger partial charge in [0.05, 0.1) is 0 Å². The molecule has 0 aliphatic heterocycles. The first-order valence-electron chi connectivity index (χ1n) is 11.3. The lowest BCUT2D eigenvalue weighted by Crippen LogP contribution is -1.99. The van der Waals surface area contributed by atoms with Crippen LogP contribution in [0.5, 0.6) is 5.75 Å². The topological polar surface area (TPSA) is 50.9 Å². The van der Waals surface area contributed by atoms with Gasteiger partial charge in [-0.25, -0.2) is 0 Å². The van der Waals surface area contributed by atoms with Crippen molar-refractivity contribution in [2.24, 2.45) is 0 Å². The van der Waals surface area contributed by atoms with Gasteiger partial charge in [0, 0.05) is 0 Å². The molecule has 156 valence electrons. The van der Waals surface area contributed by atoms with Crippen LogP contribution >= 0.6 is 0 Å². The van der Waals surface area contributed by atoms with Crippen LogP contribution in [0.4, 0.5) is 0 Å². The summed E-state index contributed by atoms with van der Waals surface area (Å²) in [5.41, 5.74) is 4.75. The van der Waals surface area contributed by atoms with Crippen LogP contribution in [0, 0.1) is 6.92 Å². The van der Waals surface area contributed by atoms with Crippen LogP contribution in [0.25, 0.3) is 16.7 Å². The van der Waals surface area contributed by atoms with E-state index in [0.717, 1.165) is 23.0 Å². The summed E-state index contributed by atoms with van der Waals surface area (Å²) >= 11 is 0. The molecule has 29 heavy (non-hydrogen) atoms. The van der Waals surface area contributed by atoms with Crippen LogP contribution in [0.3, 0.4) is 0 Å². The number of phenolic OH excluding ortho intramolecular Hbond substituents is 1. The number of aromatic nitrogens is 3. The molecule has 0 aliphatic rings. The fraction of sp³-hybridized carbons (Fsp3) is 0.520. The highest BCUT2D eigenvalue weighted by atomic mass is 16.3. The summed E-state index contributed by atoms with van der Waals surface area (Å²) in [6.45, 7) is 4.27. The Balaban J connectivity index is 1.46. The number of nitrogens with zero attached hydrogens (tertiary/aromatic N) is 3. The molecule has 1 aromatic heterocycles. The quantitative estimate of drug-likeness (QED) is 0.341. The van der Waals surface area contributed by atoms with Gasteiger partial charge in [-0.3, -0.25) is 0 Å². The summed E-state index contributed by atoms with van der Waals surface area (Å²) in [7, 11) is 0. The van der Waals surface area contributed by atoms with Crippen LogP contribution in [-0.4, -0.2) is 20.1 Å². The predicted octanol–water partition coefficient (Wildman–Crippen LogP) is 6.90. The van der Waals surface area contributed by atoms with Crippen molar-refractivity contribution in [3.8, 4) is 11.4 Å². The van der Waals surface area contributed by atoms with Crippen LogP contribution in [0.1, 0.15) is 82.3 Å². The van der Waals surface area contributed by atoms with Crippen LogP contribution < -0.4 is 0 Å². The maximum absolute atomic E-state index is 10.1. The Morgan fingerprint density at radius 1 is 0.759 bits per heavy atom. The summed E-state index contributed by atoms with van der Waals surface area (Å²) in [4.78, 5) is 1.54. The predicted molar refractivity (Wildman–Crippen MR) is 121 cm³/mol. The number of unbranched alkanes of at least 4 members (excludes halogenated alkanes) is 9. The van der Waals surface area contributed by atoms with Crippen molar-refractivity contribution in [2.45, 2.75) is 84.5 Å².